The summed E-state index contributed by atoms with van der Waals surface area (Å²) in [4.78, 5) is 16.2. The van der Waals surface area contributed by atoms with Crippen molar-refractivity contribution in [3.05, 3.63) is 22.8 Å². The molecule has 0 amide bonds. The number of benzene rings is 1. The van der Waals surface area contributed by atoms with Gasteiger partial charge >= 0.3 is 6.15 Å². The van der Waals surface area contributed by atoms with Crippen molar-refractivity contribution >= 4 is 17.2 Å². The second kappa shape index (κ2) is 4.48. The van der Waals surface area contributed by atoms with Crippen LogP contribution in [0.4, 0.5) is 0 Å². The summed E-state index contributed by atoms with van der Waals surface area (Å²) in [6.45, 7) is 6.28. The van der Waals surface area contributed by atoms with E-state index in [1.54, 1.807) is 0 Å². The predicted octanol–water partition coefficient (Wildman–Crippen LogP) is 1.30. The summed E-state index contributed by atoms with van der Waals surface area (Å²) in [7, 11) is 0. The van der Waals surface area contributed by atoms with Crippen molar-refractivity contribution in [2.45, 2.75) is 20.8 Å². The number of carbonyl (C=O) groups excluding carboxylic acids is 2. The van der Waals surface area contributed by atoms with E-state index < -0.39 is 0 Å². The molecule has 0 aliphatic carbocycles. The predicted molar refractivity (Wildman–Crippen MR) is 53.1 cm³/mol. The Hall–Kier alpha value is -2.00. The number of hydrogen-bond acceptors (Lipinski definition) is 4. The van der Waals surface area contributed by atoms with E-state index in [4.69, 9.17) is 9.59 Å². The molecular formula is C10H11N3O2. The number of nitrogens with one attached hydrogen (secondary N) is 1. The molecule has 0 aliphatic heterocycles. The quantitative estimate of drug-likeness (QED) is 0.703. The lowest BCUT2D eigenvalue weighted by molar-refractivity contribution is -0.191. The van der Waals surface area contributed by atoms with Crippen LogP contribution in [0.5, 0.6) is 0 Å². The van der Waals surface area contributed by atoms with E-state index in [2.05, 4.69) is 42.2 Å². The number of aryl methyl sites for hydroxylation is 2. The van der Waals surface area contributed by atoms with Gasteiger partial charge in [0, 0.05) is 0 Å². The maximum atomic E-state index is 8.12. The number of aromatic nitrogens is 3. The zero-order valence-corrected chi connectivity index (χ0v) is 8.79. The zero-order chi connectivity index (χ0) is 11.4. The number of aromatic amines is 1. The van der Waals surface area contributed by atoms with Gasteiger partial charge in [0.25, 0.3) is 0 Å². The fourth-order valence-corrected chi connectivity index (χ4v) is 1.40. The van der Waals surface area contributed by atoms with Gasteiger partial charge in [-0.2, -0.15) is 25.0 Å². The van der Waals surface area contributed by atoms with E-state index >= 15 is 0 Å². The molecule has 2 rings (SSSR count). The molecular weight excluding hydrogens is 194 g/mol. The Bertz CT molecular complexity index is 511. The highest BCUT2D eigenvalue weighted by molar-refractivity contribution is 5.79. The molecule has 0 aliphatic rings. The highest BCUT2D eigenvalue weighted by atomic mass is 16.2. The van der Waals surface area contributed by atoms with Crippen LogP contribution < -0.4 is 0 Å². The number of nitrogens with zero attached hydrogens (tertiary/aromatic N) is 2. The van der Waals surface area contributed by atoms with Gasteiger partial charge in [0.05, 0.1) is 0 Å². The summed E-state index contributed by atoms with van der Waals surface area (Å²) in [6, 6.07) is 2.06. The van der Waals surface area contributed by atoms with Crippen molar-refractivity contribution in [1.82, 2.24) is 15.4 Å². The van der Waals surface area contributed by atoms with Gasteiger partial charge in [-0.1, -0.05) is 0 Å². The SMILES string of the molecule is Cc1cc2n[nH]nc2c(C)c1C.O=C=O. The van der Waals surface area contributed by atoms with E-state index in [1.807, 2.05) is 0 Å². The van der Waals surface area contributed by atoms with E-state index in [1.165, 1.54) is 16.7 Å². The Balaban J connectivity index is 0.000000337. The van der Waals surface area contributed by atoms with Gasteiger partial charge in [-0.15, -0.1) is 0 Å². The first-order chi connectivity index (χ1) is 7.11. The summed E-state index contributed by atoms with van der Waals surface area (Å²) in [5.74, 6) is 0. The number of fused-ring (bicyclic) bond motifs is 1. The molecule has 0 radical (unpaired) electrons. The third-order valence-electron chi connectivity index (χ3n) is 2.44. The van der Waals surface area contributed by atoms with Crippen molar-refractivity contribution in [2.24, 2.45) is 0 Å². The molecule has 0 saturated carbocycles. The van der Waals surface area contributed by atoms with Crippen molar-refractivity contribution in [1.29, 1.82) is 0 Å². The van der Waals surface area contributed by atoms with E-state index in [0.29, 0.717) is 0 Å². The van der Waals surface area contributed by atoms with Crippen LogP contribution in [0.1, 0.15) is 16.7 Å². The van der Waals surface area contributed by atoms with E-state index in [0.717, 1.165) is 11.0 Å². The summed E-state index contributed by atoms with van der Waals surface area (Å²) in [6.07, 6.45) is 0.250. The normalized spacial score (nSPS) is 9.27. The lowest BCUT2D eigenvalue weighted by Crippen LogP contribution is -1.87. The molecule has 1 N–H and O–H groups in total. The van der Waals surface area contributed by atoms with Crippen molar-refractivity contribution < 1.29 is 9.59 Å². The van der Waals surface area contributed by atoms with Crippen LogP contribution in [-0.4, -0.2) is 21.6 Å². The van der Waals surface area contributed by atoms with Crippen LogP contribution in [-0.2, 0) is 9.59 Å². The van der Waals surface area contributed by atoms with Crippen LogP contribution in [0.25, 0.3) is 11.0 Å². The minimum Gasteiger partial charge on any atom is -0.197 e. The van der Waals surface area contributed by atoms with Crippen molar-refractivity contribution in [3.63, 3.8) is 0 Å². The lowest BCUT2D eigenvalue weighted by atomic mass is 10.0. The Labute approximate surface area is 86.5 Å². The molecule has 0 atom stereocenters. The molecule has 5 nitrogen and oxygen atoms in total. The monoisotopic (exact) mass is 205 g/mol. The molecule has 1 aromatic carbocycles. The number of rotatable bonds is 0. The van der Waals surface area contributed by atoms with Crippen molar-refractivity contribution in [3.8, 4) is 0 Å². The molecule has 15 heavy (non-hydrogen) atoms. The summed E-state index contributed by atoms with van der Waals surface area (Å²) < 4.78 is 0. The molecule has 78 valence electrons. The smallest absolute Gasteiger partial charge is 0.197 e. The lowest BCUT2D eigenvalue weighted by Gasteiger charge is -2.02. The van der Waals surface area contributed by atoms with Crippen LogP contribution >= 0.6 is 0 Å². The molecule has 0 saturated heterocycles. The van der Waals surface area contributed by atoms with Crippen LogP contribution in [0.15, 0.2) is 6.07 Å². The highest BCUT2D eigenvalue weighted by Crippen LogP contribution is 2.20. The third kappa shape index (κ3) is 2.08. The molecule has 0 spiro atoms. The van der Waals surface area contributed by atoms with Gasteiger partial charge in [0.2, 0.25) is 0 Å². The Kier molecular flexibility index (Phi) is 3.31. The minimum absolute atomic E-state index is 0.250. The third-order valence-corrected chi connectivity index (χ3v) is 2.44. The molecule has 2 aromatic rings. The average Bonchev–Trinajstić information content (AvgIpc) is 2.63. The van der Waals surface area contributed by atoms with Gasteiger partial charge in [-0.3, -0.25) is 0 Å². The molecule has 0 unspecified atom stereocenters. The van der Waals surface area contributed by atoms with Gasteiger partial charge in [-0.05, 0) is 43.5 Å². The fraction of sp³-hybridized carbons (Fsp3) is 0.300. The van der Waals surface area contributed by atoms with Gasteiger partial charge in [0.15, 0.2) is 0 Å². The summed E-state index contributed by atoms with van der Waals surface area (Å²) in [5.41, 5.74) is 5.73. The fourth-order valence-electron chi connectivity index (χ4n) is 1.40. The van der Waals surface area contributed by atoms with Gasteiger partial charge in [0.1, 0.15) is 11.0 Å². The minimum atomic E-state index is 0.250. The largest absolute Gasteiger partial charge is 0.373 e. The molecule has 0 bridgehead atoms. The number of H-pyrrole nitrogens is 1. The molecule has 5 heteroatoms. The standard InChI is InChI=1S/C9H11N3.CO2/c1-5-4-8-9(11-12-10-8)7(3)6(5)2;2-1-3/h4H,1-3H3,(H,10,11,12);. The van der Waals surface area contributed by atoms with Crippen molar-refractivity contribution in [2.75, 3.05) is 0 Å². The van der Waals surface area contributed by atoms with Crippen LogP contribution in [0.2, 0.25) is 0 Å². The molecule has 1 heterocycles. The second-order valence-corrected chi connectivity index (χ2v) is 3.22. The summed E-state index contributed by atoms with van der Waals surface area (Å²) >= 11 is 0. The first kappa shape index (κ1) is 11.1. The maximum absolute atomic E-state index is 8.12. The van der Waals surface area contributed by atoms with E-state index in [9.17, 15) is 0 Å². The van der Waals surface area contributed by atoms with Crippen LogP contribution in [0, 0.1) is 20.8 Å². The first-order valence-electron chi connectivity index (χ1n) is 4.38. The van der Waals surface area contributed by atoms with Gasteiger partial charge in [-0.25, -0.2) is 0 Å². The number of hydrogen-bond donors (Lipinski definition) is 1. The first-order valence-corrected chi connectivity index (χ1v) is 4.38. The average molecular weight is 205 g/mol. The Morgan fingerprint density at radius 3 is 2.33 bits per heavy atom. The maximum Gasteiger partial charge on any atom is 0.373 e. The van der Waals surface area contributed by atoms with E-state index in [-0.39, 0.29) is 6.15 Å². The molecule has 1 aromatic heterocycles. The second-order valence-electron chi connectivity index (χ2n) is 3.22. The van der Waals surface area contributed by atoms with Crippen LogP contribution in [0.3, 0.4) is 0 Å². The zero-order valence-electron chi connectivity index (χ0n) is 8.79. The topological polar surface area (TPSA) is 75.7 Å². The molecule has 0 fully saturated rings. The Morgan fingerprint density at radius 2 is 1.73 bits per heavy atom. The Morgan fingerprint density at radius 1 is 1.13 bits per heavy atom. The highest BCUT2D eigenvalue weighted by Gasteiger charge is 2.06. The van der Waals surface area contributed by atoms with Gasteiger partial charge < -0.3 is 0 Å². The summed E-state index contributed by atoms with van der Waals surface area (Å²) in [5, 5.41) is 10.8.